The number of pyridine rings is 1. The Morgan fingerprint density at radius 3 is 2.83 bits per heavy atom. The van der Waals surface area contributed by atoms with E-state index in [2.05, 4.69) is 10.3 Å². The Morgan fingerprint density at radius 1 is 1.33 bits per heavy atom. The summed E-state index contributed by atoms with van der Waals surface area (Å²) in [6, 6.07) is 10.8. The van der Waals surface area contributed by atoms with E-state index in [1.54, 1.807) is 30.6 Å². The highest BCUT2D eigenvalue weighted by Gasteiger charge is 2.11. The van der Waals surface area contributed by atoms with Crippen LogP contribution in [0.25, 0.3) is 0 Å². The molecule has 1 amide bonds. The summed E-state index contributed by atoms with van der Waals surface area (Å²) >= 11 is 5.92. The first-order valence-corrected chi connectivity index (χ1v) is 6.01. The highest BCUT2D eigenvalue weighted by atomic mass is 35.5. The Labute approximate surface area is 111 Å². The van der Waals surface area contributed by atoms with Gasteiger partial charge in [0, 0.05) is 17.4 Å². The average Bonchev–Trinajstić information content (AvgIpc) is 2.39. The Hall–Kier alpha value is -1.87. The van der Waals surface area contributed by atoms with Gasteiger partial charge in [-0.2, -0.15) is 0 Å². The Bertz CT molecular complexity index is 543. The Morgan fingerprint density at radius 2 is 2.17 bits per heavy atom. The van der Waals surface area contributed by atoms with E-state index in [0.717, 1.165) is 5.56 Å². The van der Waals surface area contributed by atoms with Gasteiger partial charge in [0.05, 0.1) is 11.6 Å². The lowest BCUT2D eigenvalue weighted by Gasteiger charge is -2.14. The zero-order chi connectivity index (χ0) is 13.0. The van der Waals surface area contributed by atoms with Gasteiger partial charge in [0.2, 0.25) is 0 Å². The molecule has 2 rings (SSSR count). The predicted molar refractivity (Wildman–Crippen MR) is 71.6 cm³/mol. The fraction of sp³-hybridized carbons (Fsp3) is 0.143. The van der Waals surface area contributed by atoms with Crippen molar-refractivity contribution in [2.24, 2.45) is 0 Å². The minimum atomic E-state index is -0.143. The first-order valence-electron chi connectivity index (χ1n) is 5.63. The molecule has 4 heteroatoms. The first kappa shape index (κ1) is 12.6. The SMILES string of the molecule is C[C@@H](NC(=O)c1cccnc1)c1cccc(Cl)c1. The average molecular weight is 261 g/mol. The molecule has 0 spiro atoms. The van der Waals surface area contributed by atoms with Gasteiger partial charge in [-0.1, -0.05) is 23.7 Å². The number of carbonyl (C=O) groups is 1. The van der Waals surface area contributed by atoms with Crippen LogP contribution in [0.4, 0.5) is 0 Å². The van der Waals surface area contributed by atoms with Gasteiger partial charge in [-0.25, -0.2) is 0 Å². The molecule has 0 aliphatic carbocycles. The van der Waals surface area contributed by atoms with Crippen LogP contribution in [0.2, 0.25) is 5.02 Å². The van der Waals surface area contributed by atoms with Gasteiger partial charge in [-0.15, -0.1) is 0 Å². The van der Waals surface area contributed by atoms with Crippen LogP contribution in [0.15, 0.2) is 48.8 Å². The molecule has 0 aliphatic rings. The fourth-order valence-electron chi connectivity index (χ4n) is 1.64. The second-order valence-corrected chi connectivity index (χ2v) is 4.43. The maximum atomic E-state index is 11.9. The highest BCUT2D eigenvalue weighted by molar-refractivity contribution is 6.30. The van der Waals surface area contributed by atoms with Gasteiger partial charge in [-0.3, -0.25) is 9.78 Å². The van der Waals surface area contributed by atoms with Crippen molar-refractivity contribution < 1.29 is 4.79 Å². The molecule has 1 heterocycles. The molecule has 92 valence electrons. The minimum absolute atomic E-state index is 0.101. The van der Waals surface area contributed by atoms with Gasteiger partial charge in [0.25, 0.3) is 5.91 Å². The lowest BCUT2D eigenvalue weighted by Crippen LogP contribution is -2.26. The van der Waals surface area contributed by atoms with Crippen molar-refractivity contribution in [1.82, 2.24) is 10.3 Å². The predicted octanol–water partition coefficient (Wildman–Crippen LogP) is 3.23. The van der Waals surface area contributed by atoms with E-state index in [1.165, 1.54) is 0 Å². The van der Waals surface area contributed by atoms with E-state index in [4.69, 9.17) is 11.6 Å². The van der Waals surface area contributed by atoms with Crippen molar-refractivity contribution in [1.29, 1.82) is 0 Å². The van der Waals surface area contributed by atoms with E-state index in [9.17, 15) is 4.79 Å². The van der Waals surface area contributed by atoms with Crippen LogP contribution in [-0.2, 0) is 0 Å². The standard InChI is InChI=1S/C14H13ClN2O/c1-10(11-4-2-6-13(15)8-11)17-14(18)12-5-3-7-16-9-12/h2-10H,1H3,(H,17,18)/t10-/m1/s1. The monoisotopic (exact) mass is 260 g/mol. The fourth-order valence-corrected chi connectivity index (χ4v) is 1.84. The molecule has 18 heavy (non-hydrogen) atoms. The largest absolute Gasteiger partial charge is 0.345 e. The molecule has 0 bridgehead atoms. The van der Waals surface area contributed by atoms with E-state index < -0.39 is 0 Å². The molecular weight excluding hydrogens is 248 g/mol. The summed E-state index contributed by atoms with van der Waals surface area (Å²) in [6.45, 7) is 1.92. The number of halogens is 1. The van der Waals surface area contributed by atoms with Crippen molar-refractivity contribution in [3.63, 3.8) is 0 Å². The second kappa shape index (κ2) is 5.65. The number of rotatable bonds is 3. The summed E-state index contributed by atoms with van der Waals surface area (Å²) < 4.78 is 0. The molecule has 0 radical (unpaired) electrons. The summed E-state index contributed by atoms with van der Waals surface area (Å²) in [5.41, 5.74) is 1.52. The number of benzene rings is 1. The molecule has 0 saturated carbocycles. The Balaban J connectivity index is 2.08. The molecular formula is C14H13ClN2O. The lowest BCUT2D eigenvalue weighted by molar-refractivity contribution is 0.0939. The lowest BCUT2D eigenvalue weighted by atomic mass is 10.1. The normalized spacial score (nSPS) is 11.9. The maximum absolute atomic E-state index is 11.9. The van der Waals surface area contributed by atoms with Crippen molar-refractivity contribution in [3.05, 3.63) is 64.9 Å². The van der Waals surface area contributed by atoms with Crippen LogP contribution in [0.5, 0.6) is 0 Å². The van der Waals surface area contributed by atoms with Crippen LogP contribution in [0.3, 0.4) is 0 Å². The third kappa shape index (κ3) is 3.08. The maximum Gasteiger partial charge on any atom is 0.253 e. The number of nitrogens with zero attached hydrogens (tertiary/aromatic N) is 1. The molecule has 3 nitrogen and oxygen atoms in total. The van der Waals surface area contributed by atoms with Gasteiger partial charge < -0.3 is 5.32 Å². The van der Waals surface area contributed by atoms with Crippen LogP contribution in [0, 0.1) is 0 Å². The number of carbonyl (C=O) groups excluding carboxylic acids is 1. The number of amides is 1. The molecule has 2 aromatic rings. The van der Waals surface area contributed by atoms with Gasteiger partial charge in [0.1, 0.15) is 0 Å². The second-order valence-electron chi connectivity index (χ2n) is 3.99. The zero-order valence-electron chi connectivity index (χ0n) is 9.93. The van der Waals surface area contributed by atoms with Crippen LogP contribution in [0.1, 0.15) is 28.9 Å². The summed E-state index contributed by atoms with van der Waals surface area (Å²) in [4.78, 5) is 15.8. The van der Waals surface area contributed by atoms with E-state index in [1.807, 2.05) is 25.1 Å². The van der Waals surface area contributed by atoms with Crippen molar-refractivity contribution in [2.45, 2.75) is 13.0 Å². The summed E-state index contributed by atoms with van der Waals surface area (Å²) in [7, 11) is 0. The highest BCUT2D eigenvalue weighted by Crippen LogP contribution is 2.17. The topological polar surface area (TPSA) is 42.0 Å². The van der Waals surface area contributed by atoms with E-state index in [-0.39, 0.29) is 11.9 Å². The molecule has 0 aliphatic heterocycles. The van der Waals surface area contributed by atoms with Crippen molar-refractivity contribution in [2.75, 3.05) is 0 Å². The summed E-state index contributed by atoms with van der Waals surface area (Å²) in [5, 5.41) is 3.56. The smallest absolute Gasteiger partial charge is 0.253 e. The Kier molecular flexibility index (Phi) is 3.95. The van der Waals surface area contributed by atoms with E-state index in [0.29, 0.717) is 10.6 Å². The summed E-state index contributed by atoms with van der Waals surface area (Å²) in [5.74, 6) is -0.143. The number of hydrogen-bond donors (Lipinski definition) is 1. The molecule has 1 aromatic carbocycles. The number of nitrogens with one attached hydrogen (secondary N) is 1. The van der Waals surface area contributed by atoms with Crippen LogP contribution < -0.4 is 5.32 Å². The molecule has 0 saturated heterocycles. The van der Waals surface area contributed by atoms with Crippen molar-refractivity contribution >= 4 is 17.5 Å². The third-order valence-electron chi connectivity index (χ3n) is 2.62. The minimum Gasteiger partial charge on any atom is -0.345 e. The quantitative estimate of drug-likeness (QED) is 0.921. The summed E-state index contributed by atoms with van der Waals surface area (Å²) in [6.07, 6.45) is 3.18. The molecule has 1 atom stereocenters. The van der Waals surface area contributed by atoms with Gasteiger partial charge in [0.15, 0.2) is 0 Å². The molecule has 0 unspecified atom stereocenters. The van der Waals surface area contributed by atoms with Gasteiger partial charge in [-0.05, 0) is 36.8 Å². The number of aromatic nitrogens is 1. The molecule has 1 N–H and O–H groups in total. The first-order chi connectivity index (χ1) is 8.66. The molecule has 1 aromatic heterocycles. The molecule has 0 fully saturated rings. The van der Waals surface area contributed by atoms with Crippen LogP contribution in [-0.4, -0.2) is 10.9 Å². The zero-order valence-corrected chi connectivity index (χ0v) is 10.7. The van der Waals surface area contributed by atoms with E-state index >= 15 is 0 Å². The van der Waals surface area contributed by atoms with Crippen molar-refractivity contribution in [3.8, 4) is 0 Å². The van der Waals surface area contributed by atoms with Gasteiger partial charge >= 0.3 is 0 Å². The van der Waals surface area contributed by atoms with Crippen LogP contribution >= 0.6 is 11.6 Å². The number of hydrogen-bond acceptors (Lipinski definition) is 2. The third-order valence-corrected chi connectivity index (χ3v) is 2.86.